The smallest absolute Gasteiger partial charge is 0.0842 e. The number of benzene rings is 2. The molecule has 0 aliphatic carbocycles. The lowest BCUT2D eigenvalue weighted by Gasteiger charge is -2.23. The van der Waals surface area contributed by atoms with Crippen LogP contribution in [0.25, 0.3) is 23.1 Å². The molecule has 0 saturated carbocycles. The number of rotatable bonds is 9. The maximum atomic E-state index is 10.5. The van der Waals surface area contributed by atoms with E-state index in [9.17, 15) is 5.11 Å². The van der Waals surface area contributed by atoms with Gasteiger partial charge in [-0.05, 0) is 83.7 Å². The van der Waals surface area contributed by atoms with Crippen LogP contribution in [0, 0.1) is 0 Å². The maximum Gasteiger partial charge on any atom is 0.0842 e. The van der Waals surface area contributed by atoms with Crippen molar-refractivity contribution in [1.82, 2.24) is 4.98 Å². The van der Waals surface area contributed by atoms with Gasteiger partial charge < -0.3 is 5.11 Å². The summed E-state index contributed by atoms with van der Waals surface area (Å²) in [4.78, 5) is 4.69. The van der Waals surface area contributed by atoms with Gasteiger partial charge in [-0.2, -0.15) is 0 Å². The quantitative estimate of drug-likeness (QED) is 0.207. The molecular formula is C29H29ClINO. The van der Waals surface area contributed by atoms with E-state index in [1.165, 1.54) is 5.56 Å². The van der Waals surface area contributed by atoms with E-state index in [2.05, 4.69) is 70.6 Å². The normalized spacial score (nSPS) is 12.8. The standard InChI is InChI=1S/C29H29ClINO/c1-21(27(11-6-18-31)29(2,3)33)7-4-8-22-9-5-10-23(19-22)12-16-26-17-14-24-13-15-25(30)20-28(24)32-26/h5-6,9-20,33H,1,4,7-8H2,2-3H3/b16-12+,18-6-,27-11+. The van der Waals surface area contributed by atoms with Crippen LogP contribution in [0.15, 0.2) is 88.6 Å². The Morgan fingerprint density at radius 1 is 1.12 bits per heavy atom. The number of halogens is 2. The molecule has 0 unspecified atom stereocenters. The third kappa shape index (κ3) is 7.66. The molecule has 3 aromatic rings. The summed E-state index contributed by atoms with van der Waals surface area (Å²) in [6, 6.07) is 18.4. The second-order valence-corrected chi connectivity index (χ2v) is 9.72. The Balaban J connectivity index is 1.63. The van der Waals surface area contributed by atoms with Crippen molar-refractivity contribution in [2.24, 2.45) is 0 Å². The fraction of sp³-hybridized carbons (Fsp3) is 0.207. The van der Waals surface area contributed by atoms with Crippen LogP contribution in [0.3, 0.4) is 0 Å². The Kier molecular flexibility index (Phi) is 9.07. The maximum absolute atomic E-state index is 10.5. The van der Waals surface area contributed by atoms with Crippen molar-refractivity contribution >= 4 is 57.2 Å². The number of pyridine rings is 1. The first-order valence-corrected chi connectivity index (χ1v) is 12.6. The third-order valence-corrected chi connectivity index (χ3v) is 6.04. The van der Waals surface area contributed by atoms with Gasteiger partial charge in [0.05, 0.1) is 16.8 Å². The molecule has 1 heterocycles. The number of hydrogen-bond acceptors (Lipinski definition) is 2. The molecule has 33 heavy (non-hydrogen) atoms. The second-order valence-electron chi connectivity index (χ2n) is 8.57. The SMILES string of the molecule is C=C(CCCc1cccc(/C=C/c2ccc3ccc(Cl)cc3n2)c1)/C(=C\C=C/I)C(C)(C)O. The molecule has 170 valence electrons. The Hall–Kier alpha value is -2.21. The molecule has 4 heteroatoms. The van der Waals surface area contributed by atoms with E-state index in [1.807, 2.05) is 46.6 Å². The number of aromatic nitrogens is 1. The molecule has 0 atom stereocenters. The predicted octanol–water partition coefficient (Wildman–Crippen LogP) is 8.58. The zero-order valence-electron chi connectivity index (χ0n) is 19.1. The summed E-state index contributed by atoms with van der Waals surface area (Å²) in [7, 11) is 0. The van der Waals surface area contributed by atoms with Crippen LogP contribution in [0.1, 0.15) is 43.5 Å². The van der Waals surface area contributed by atoms with Gasteiger partial charge in [0.15, 0.2) is 0 Å². The number of allylic oxidation sites excluding steroid dienone is 2. The molecule has 0 amide bonds. The first-order chi connectivity index (χ1) is 15.8. The molecule has 2 aromatic carbocycles. The Labute approximate surface area is 215 Å². The van der Waals surface area contributed by atoms with E-state index < -0.39 is 5.60 Å². The molecule has 0 aliphatic rings. The van der Waals surface area contributed by atoms with E-state index in [0.29, 0.717) is 5.02 Å². The molecule has 1 aromatic heterocycles. The Morgan fingerprint density at radius 2 is 1.91 bits per heavy atom. The van der Waals surface area contributed by atoms with Crippen molar-refractivity contribution in [2.75, 3.05) is 0 Å². The van der Waals surface area contributed by atoms with Crippen LogP contribution in [-0.4, -0.2) is 15.7 Å². The van der Waals surface area contributed by atoms with Gasteiger partial charge in [0, 0.05) is 10.4 Å². The fourth-order valence-corrected chi connectivity index (χ4v) is 4.13. The Morgan fingerprint density at radius 3 is 2.67 bits per heavy atom. The van der Waals surface area contributed by atoms with E-state index >= 15 is 0 Å². The van der Waals surface area contributed by atoms with Gasteiger partial charge in [-0.1, -0.05) is 95.4 Å². The van der Waals surface area contributed by atoms with Crippen molar-refractivity contribution in [1.29, 1.82) is 0 Å². The first-order valence-electron chi connectivity index (χ1n) is 11.0. The number of nitrogens with zero attached hydrogens (tertiary/aromatic N) is 1. The molecule has 0 fully saturated rings. The van der Waals surface area contributed by atoms with Gasteiger partial charge in [0.2, 0.25) is 0 Å². The number of aryl methyl sites for hydroxylation is 1. The molecule has 0 saturated heterocycles. The van der Waals surface area contributed by atoms with Crippen LogP contribution in [0.4, 0.5) is 0 Å². The third-order valence-electron chi connectivity index (χ3n) is 5.39. The average Bonchev–Trinajstić information content (AvgIpc) is 2.77. The van der Waals surface area contributed by atoms with Crippen LogP contribution in [0.2, 0.25) is 5.02 Å². The van der Waals surface area contributed by atoms with Crippen LogP contribution in [-0.2, 0) is 6.42 Å². The van der Waals surface area contributed by atoms with Crippen LogP contribution >= 0.6 is 34.2 Å². The monoisotopic (exact) mass is 569 g/mol. The highest BCUT2D eigenvalue weighted by atomic mass is 127. The molecule has 0 spiro atoms. The molecule has 0 radical (unpaired) electrons. The number of aliphatic hydroxyl groups is 1. The highest BCUT2D eigenvalue weighted by Gasteiger charge is 2.20. The summed E-state index contributed by atoms with van der Waals surface area (Å²) in [5.41, 5.74) is 5.18. The van der Waals surface area contributed by atoms with Crippen molar-refractivity contribution in [3.8, 4) is 0 Å². The van der Waals surface area contributed by atoms with E-state index in [-0.39, 0.29) is 0 Å². The molecule has 1 N–H and O–H groups in total. The lowest BCUT2D eigenvalue weighted by Crippen LogP contribution is -2.23. The van der Waals surface area contributed by atoms with Crippen LogP contribution in [0.5, 0.6) is 0 Å². The van der Waals surface area contributed by atoms with E-state index in [4.69, 9.17) is 11.6 Å². The van der Waals surface area contributed by atoms with Crippen molar-refractivity contribution in [3.63, 3.8) is 0 Å². The summed E-state index contributed by atoms with van der Waals surface area (Å²) in [5.74, 6) is 0. The summed E-state index contributed by atoms with van der Waals surface area (Å²) >= 11 is 8.28. The highest BCUT2D eigenvalue weighted by molar-refractivity contribution is 14.1. The second kappa shape index (κ2) is 11.8. The molecule has 3 rings (SSSR count). The van der Waals surface area contributed by atoms with Crippen LogP contribution < -0.4 is 0 Å². The van der Waals surface area contributed by atoms with E-state index in [0.717, 1.165) is 52.6 Å². The summed E-state index contributed by atoms with van der Waals surface area (Å²) in [6.07, 6.45) is 10.8. The van der Waals surface area contributed by atoms with Gasteiger partial charge in [-0.25, -0.2) is 4.98 Å². The fourth-order valence-electron chi connectivity index (χ4n) is 3.76. The van der Waals surface area contributed by atoms with Gasteiger partial charge in [0.25, 0.3) is 0 Å². The lowest BCUT2D eigenvalue weighted by atomic mass is 9.88. The zero-order chi connectivity index (χ0) is 23.8. The van der Waals surface area contributed by atoms with Gasteiger partial charge in [-0.3, -0.25) is 0 Å². The largest absolute Gasteiger partial charge is 0.386 e. The first kappa shape index (κ1) is 25.4. The summed E-state index contributed by atoms with van der Waals surface area (Å²) in [5, 5.41) is 12.2. The average molecular weight is 570 g/mol. The van der Waals surface area contributed by atoms with Crippen molar-refractivity contribution in [2.45, 2.75) is 38.7 Å². The minimum atomic E-state index is -0.903. The topological polar surface area (TPSA) is 33.1 Å². The highest BCUT2D eigenvalue weighted by Crippen LogP contribution is 2.27. The molecule has 0 aliphatic heterocycles. The summed E-state index contributed by atoms with van der Waals surface area (Å²) in [6.45, 7) is 7.83. The molecule has 0 bridgehead atoms. The summed E-state index contributed by atoms with van der Waals surface area (Å²) < 4.78 is 1.93. The van der Waals surface area contributed by atoms with Gasteiger partial charge in [-0.15, -0.1) is 0 Å². The molecular weight excluding hydrogens is 541 g/mol. The number of hydrogen-bond donors (Lipinski definition) is 1. The Bertz CT molecular complexity index is 1220. The van der Waals surface area contributed by atoms with E-state index in [1.54, 1.807) is 13.8 Å². The van der Waals surface area contributed by atoms with Crippen molar-refractivity contribution in [3.05, 3.63) is 110 Å². The lowest BCUT2D eigenvalue weighted by molar-refractivity contribution is 0.122. The molecule has 2 nitrogen and oxygen atoms in total. The van der Waals surface area contributed by atoms with Gasteiger partial charge in [0.1, 0.15) is 0 Å². The van der Waals surface area contributed by atoms with Gasteiger partial charge >= 0.3 is 0 Å². The predicted molar refractivity (Wildman–Crippen MR) is 152 cm³/mol. The minimum absolute atomic E-state index is 0.693. The minimum Gasteiger partial charge on any atom is -0.386 e. The van der Waals surface area contributed by atoms with Crippen molar-refractivity contribution < 1.29 is 5.11 Å². The zero-order valence-corrected chi connectivity index (χ0v) is 22.0. The number of fused-ring (bicyclic) bond motifs is 1.